The van der Waals surface area contributed by atoms with E-state index in [4.69, 9.17) is 29.1 Å². The first-order valence-electron chi connectivity index (χ1n) is 12.7. The number of aryl methyl sites for hydroxylation is 2. The normalized spacial score (nSPS) is 28.7. The molecule has 0 bridgehead atoms. The van der Waals surface area contributed by atoms with E-state index < -0.39 is 77.0 Å². The van der Waals surface area contributed by atoms with Crippen LogP contribution in [0.4, 0.5) is 5.82 Å². The molecule has 2 fully saturated rings. The van der Waals surface area contributed by atoms with Crippen molar-refractivity contribution in [2.75, 3.05) is 18.9 Å². The number of rotatable bonds is 10. The molecule has 22 heteroatoms. The maximum absolute atomic E-state index is 12.8. The van der Waals surface area contributed by atoms with E-state index in [0.29, 0.717) is 11.3 Å². The number of H-pyrrole nitrogens is 1. The highest BCUT2D eigenvalue weighted by Gasteiger charge is 2.42. The third-order valence-corrected chi connectivity index (χ3v) is 8.43. The highest BCUT2D eigenvalue weighted by Crippen LogP contribution is 2.47. The number of nitrogens with one attached hydrogen (secondary N) is 1. The molecule has 0 aliphatic carbocycles. The molecule has 236 valence electrons. The van der Waals surface area contributed by atoms with E-state index in [1.165, 1.54) is 34.9 Å². The predicted octanol–water partition coefficient (Wildman–Crippen LogP) is -3.02. The Labute approximate surface area is 241 Å². The minimum Gasteiger partial charge on any atom is -0.756 e. The third kappa shape index (κ3) is 6.95. The Hall–Kier alpha value is -2.87. The van der Waals surface area contributed by atoms with Crippen LogP contribution in [0, 0.1) is 6.92 Å². The van der Waals surface area contributed by atoms with Gasteiger partial charge in [0.1, 0.15) is 31.0 Å². The van der Waals surface area contributed by atoms with Crippen molar-refractivity contribution in [1.82, 2.24) is 24.1 Å². The number of hydrogen-bond donors (Lipinski definition) is 4. The lowest BCUT2D eigenvalue weighted by Gasteiger charge is -2.29. The monoisotopic (exact) mass is 648 g/mol. The number of nitrogens with two attached hydrogens (primary N) is 1. The number of aliphatic hydroxyl groups is 1. The first-order valence-corrected chi connectivity index (χ1v) is 15.7. The number of nitrogens with zero attached hydrogens (tertiary/aromatic N) is 5. The Morgan fingerprint density at radius 3 is 2.53 bits per heavy atom. The molecule has 0 amide bonds. The molecule has 5 rings (SSSR count). The van der Waals surface area contributed by atoms with Gasteiger partial charge in [-0.2, -0.15) is 0 Å². The second-order valence-electron chi connectivity index (χ2n) is 9.99. The number of nitrogen functional groups attached to an aromatic ring is 1. The maximum atomic E-state index is 12.8. The summed E-state index contributed by atoms with van der Waals surface area (Å²) in [5, 5.41) is 10.4. The van der Waals surface area contributed by atoms with Crippen molar-refractivity contribution in [2.24, 2.45) is 7.05 Å². The van der Waals surface area contributed by atoms with E-state index in [-0.39, 0.29) is 24.1 Å². The van der Waals surface area contributed by atoms with Gasteiger partial charge < -0.3 is 48.6 Å². The van der Waals surface area contributed by atoms with Gasteiger partial charge in [-0.1, -0.05) is 4.98 Å². The lowest BCUT2D eigenvalue weighted by molar-refractivity contribution is -0.658. The Bertz CT molecular complexity index is 1720. The van der Waals surface area contributed by atoms with Crippen molar-refractivity contribution >= 4 is 32.6 Å². The van der Waals surface area contributed by atoms with Gasteiger partial charge in [0.25, 0.3) is 27.0 Å². The summed E-state index contributed by atoms with van der Waals surface area (Å²) >= 11 is 0. The molecule has 0 spiro atoms. The smallest absolute Gasteiger partial charge is 0.330 e. The van der Waals surface area contributed by atoms with Crippen molar-refractivity contribution < 1.29 is 56.5 Å². The molecule has 43 heavy (non-hydrogen) atoms. The molecule has 2 saturated heterocycles. The second-order valence-corrected chi connectivity index (χ2v) is 12.6. The summed E-state index contributed by atoms with van der Waals surface area (Å²) in [6.07, 6.45) is -3.35. The summed E-state index contributed by atoms with van der Waals surface area (Å²) in [6.45, 7) is -0.0272. The molecule has 2 aliphatic rings. The van der Waals surface area contributed by atoms with Crippen molar-refractivity contribution in [3.63, 3.8) is 0 Å². The number of anilines is 1. The Morgan fingerprint density at radius 2 is 1.81 bits per heavy atom. The Balaban J connectivity index is 1.27. The van der Waals surface area contributed by atoms with Crippen LogP contribution in [0.1, 0.15) is 30.9 Å². The van der Waals surface area contributed by atoms with Crippen LogP contribution in [0.3, 0.4) is 0 Å². The number of phosphoric ester groups is 2. The van der Waals surface area contributed by atoms with Crippen LogP contribution in [-0.4, -0.2) is 71.7 Å². The lowest BCUT2D eigenvalue weighted by atomic mass is 10.2. The Kier molecular flexibility index (Phi) is 8.73. The molecule has 5 N–H and O–H groups in total. The number of hydrogen-bond acceptors (Lipinski definition) is 15. The number of aromatic nitrogens is 6. The van der Waals surface area contributed by atoms with Crippen LogP contribution < -0.4 is 31.3 Å². The van der Waals surface area contributed by atoms with Gasteiger partial charge in [-0.15, -0.1) is 0 Å². The first-order chi connectivity index (χ1) is 20.1. The second kappa shape index (κ2) is 11.9. The highest BCUT2D eigenvalue weighted by molar-refractivity contribution is 7.45. The first kappa shape index (κ1) is 31.6. The van der Waals surface area contributed by atoms with E-state index in [2.05, 4.69) is 19.5 Å². The third-order valence-electron chi connectivity index (χ3n) is 6.96. The predicted molar refractivity (Wildman–Crippen MR) is 136 cm³/mol. The largest absolute Gasteiger partial charge is 0.756 e. The van der Waals surface area contributed by atoms with Crippen LogP contribution in [-0.2, 0) is 39.2 Å². The molecule has 0 saturated carbocycles. The molecule has 3 aromatic rings. The van der Waals surface area contributed by atoms with E-state index >= 15 is 0 Å². The van der Waals surface area contributed by atoms with Crippen molar-refractivity contribution in [3.05, 3.63) is 45.3 Å². The topological polar surface area (TPSA) is 282 Å². The molecule has 5 heterocycles. The SMILES string of the molecule is Cc1cn([C@H]2C[C@H](O)[C@@H](COP(=O)([O-])O[C@H]3C[C@H](n4cnc5c(N)[n+](C)cnc54)O[C@@H]3COP(=O)([O-])O)O2)c(=O)[nH]c1=O. The van der Waals surface area contributed by atoms with Crippen LogP contribution in [0.5, 0.6) is 0 Å². The van der Waals surface area contributed by atoms with Gasteiger partial charge in [-0.3, -0.25) is 28.0 Å². The van der Waals surface area contributed by atoms with Gasteiger partial charge in [0, 0.05) is 24.6 Å². The summed E-state index contributed by atoms with van der Waals surface area (Å²) in [5.74, 6) is 0.290. The maximum Gasteiger partial charge on any atom is 0.330 e. The zero-order chi connectivity index (χ0) is 31.3. The number of imidazole rings is 1. The van der Waals surface area contributed by atoms with Gasteiger partial charge >= 0.3 is 5.69 Å². The molecular formula is C21H28N7O13P2-. The van der Waals surface area contributed by atoms with E-state index in [0.717, 1.165) is 4.57 Å². The van der Waals surface area contributed by atoms with Crippen molar-refractivity contribution in [2.45, 2.75) is 56.6 Å². The number of aliphatic hydroxyl groups excluding tert-OH is 1. The van der Waals surface area contributed by atoms with Gasteiger partial charge in [-0.25, -0.2) is 14.3 Å². The van der Waals surface area contributed by atoms with E-state index in [1.807, 2.05) is 0 Å². The molecule has 0 radical (unpaired) electrons. The quantitative estimate of drug-likeness (QED) is 0.126. The number of aromatic amines is 1. The summed E-state index contributed by atoms with van der Waals surface area (Å²) in [6, 6.07) is 0. The zero-order valence-electron chi connectivity index (χ0n) is 22.6. The fourth-order valence-corrected chi connectivity index (χ4v) is 6.02. The van der Waals surface area contributed by atoms with Gasteiger partial charge in [-0.05, 0) is 6.92 Å². The Morgan fingerprint density at radius 1 is 1.14 bits per heavy atom. The van der Waals surface area contributed by atoms with Crippen LogP contribution in [0.15, 0.2) is 28.4 Å². The molecule has 2 unspecified atom stereocenters. The molecule has 2 aliphatic heterocycles. The summed E-state index contributed by atoms with van der Waals surface area (Å²) < 4.78 is 54.0. The standard InChI is InChI=1S/C21H29N7O13P2/c1-10-5-27(21(31)25-20(10)30)15-3-11(29)13(39-15)6-38-43(35,36)41-12-4-16(40-14(12)7-37-42(32,33)34)28-9-23-17-18(22)26(2)8-24-19(17)28/h5,8-9,11-16,22,29H,3-4,6-7H2,1-2H3,(H4,25,30,31,32,33,34,35,36)/p-1/t11-,12-,13+,14+,15+,16+/m0/s1. The van der Waals surface area contributed by atoms with E-state index in [1.54, 1.807) is 7.05 Å². The average Bonchev–Trinajstić information content (AvgIpc) is 3.62. The van der Waals surface area contributed by atoms with Gasteiger partial charge in [0.15, 0.2) is 5.52 Å². The minimum atomic E-state index is -5.20. The summed E-state index contributed by atoms with van der Waals surface area (Å²) in [5.41, 5.74) is 5.51. The average molecular weight is 648 g/mol. The molecule has 8 atom stereocenters. The highest BCUT2D eigenvalue weighted by atomic mass is 31.2. The van der Waals surface area contributed by atoms with Crippen molar-refractivity contribution in [3.8, 4) is 0 Å². The fraction of sp³-hybridized carbons (Fsp3) is 0.571. The molecule has 3 aromatic heterocycles. The number of fused-ring (bicyclic) bond motifs is 1. The van der Waals surface area contributed by atoms with E-state index in [9.17, 15) is 33.6 Å². The summed E-state index contributed by atoms with van der Waals surface area (Å²) in [4.78, 5) is 67.5. The molecule has 20 nitrogen and oxygen atoms in total. The lowest BCUT2D eigenvalue weighted by Crippen LogP contribution is -2.33. The fourth-order valence-electron chi connectivity index (χ4n) is 4.74. The van der Waals surface area contributed by atoms with Crippen LogP contribution in [0.25, 0.3) is 11.2 Å². The van der Waals surface area contributed by atoms with Gasteiger partial charge in [0.05, 0.1) is 32.5 Å². The van der Waals surface area contributed by atoms with Crippen molar-refractivity contribution in [1.29, 1.82) is 0 Å². The molecular weight excluding hydrogens is 620 g/mol. The van der Waals surface area contributed by atoms with Crippen LogP contribution >= 0.6 is 15.6 Å². The minimum absolute atomic E-state index is 0.104. The van der Waals surface area contributed by atoms with Crippen LogP contribution in [0.2, 0.25) is 0 Å². The zero-order valence-corrected chi connectivity index (χ0v) is 24.4. The number of ether oxygens (including phenoxy) is 2. The molecule has 0 aromatic carbocycles. The number of phosphoric acid groups is 2. The summed E-state index contributed by atoms with van der Waals surface area (Å²) in [7, 11) is -8.72. The van der Waals surface area contributed by atoms with Gasteiger partial charge in [0.2, 0.25) is 12.0 Å².